The van der Waals surface area contributed by atoms with E-state index in [4.69, 9.17) is 4.74 Å². The molecule has 0 fully saturated rings. The van der Waals surface area contributed by atoms with Crippen LogP contribution in [0.4, 0.5) is 0 Å². The van der Waals surface area contributed by atoms with Gasteiger partial charge in [0.15, 0.2) is 6.10 Å². The molecule has 0 radical (unpaired) electrons. The Balaban J connectivity index is 1.56. The molecule has 1 aromatic heterocycles. The molecule has 0 bridgehead atoms. The minimum Gasteiger partial charge on any atom is -0.480 e. The zero-order valence-electron chi connectivity index (χ0n) is 11.1. The minimum atomic E-state index is -0.439. The first-order valence-corrected chi connectivity index (χ1v) is 7.41. The fourth-order valence-corrected chi connectivity index (χ4v) is 2.83. The molecule has 6 heteroatoms. The van der Waals surface area contributed by atoms with E-state index in [-0.39, 0.29) is 5.91 Å². The maximum absolute atomic E-state index is 12.1. The number of hydrogen-bond acceptors (Lipinski definition) is 5. The topological polar surface area (TPSA) is 64.1 Å². The standard InChI is InChI=1S/C14H15N3O2S/c1-2-12-16-17-13(20-12)8-15-14(18)11-7-9-5-3-4-6-10(9)19-11/h3-6,11H,2,7-8H2,1H3,(H,15,18)/t11-/m0/s1. The second-order valence-corrected chi connectivity index (χ2v) is 5.73. The van der Waals surface area contributed by atoms with Gasteiger partial charge in [-0.1, -0.05) is 36.5 Å². The van der Waals surface area contributed by atoms with Crippen molar-refractivity contribution in [3.05, 3.63) is 39.8 Å². The SMILES string of the molecule is CCc1nnc(CNC(=O)[C@@H]2Cc3ccccc3O2)s1. The second kappa shape index (κ2) is 5.58. The number of ether oxygens (including phenoxy) is 1. The Hall–Kier alpha value is -1.95. The molecule has 1 atom stereocenters. The molecule has 0 saturated heterocycles. The van der Waals surface area contributed by atoms with Crippen LogP contribution in [0.25, 0.3) is 0 Å². The molecule has 1 aliphatic rings. The van der Waals surface area contributed by atoms with Crippen LogP contribution in [0.1, 0.15) is 22.5 Å². The fraction of sp³-hybridized carbons (Fsp3) is 0.357. The van der Waals surface area contributed by atoms with Gasteiger partial charge < -0.3 is 10.1 Å². The van der Waals surface area contributed by atoms with Gasteiger partial charge in [0.05, 0.1) is 6.54 Å². The quantitative estimate of drug-likeness (QED) is 0.931. The van der Waals surface area contributed by atoms with Gasteiger partial charge >= 0.3 is 0 Å². The van der Waals surface area contributed by atoms with E-state index >= 15 is 0 Å². The van der Waals surface area contributed by atoms with Gasteiger partial charge in [0.25, 0.3) is 5.91 Å². The number of carbonyl (C=O) groups excluding carboxylic acids is 1. The molecule has 2 heterocycles. The Morgan fingerprint density at radius 1 is 1.40 bits per heavy atom. The highest BCUT2D eigenvalue weighted by atomic mass is 32.1. The zero-order valence-corrected chi connectivity index (χ0v) is 11.9. The summed E-state index contributed by atoms with van der Waals surface area (Å²) in [5.74, 6) is 0.700. The Bertz CT molecular complexity index is 601. The van der Waals surface area contributed by atoms with Crippen LogP contribution in [0.5, 0.6) is 5.75 Å². The van der Waals surface area contributed by atoms with Crippen LogP contribution in [0.15, 0.2) is 24.3 Å². The van der Waals surface area contributed by atoms with Gasteiger partial charge in [-0.05, 0) is 18.1 Å². The van der Waals surface area contributed by atoms with Gasteiger partial charge in [0.2, 0.25) is 0 Å². The number of aryl methyl sites for hydroxylation is 1. The Labute approximate surface area is 121 Å². The molecular formula is C14H15N3O2S. The van der Waals surface area contributed by atoms with Crippen LogP contribution < -0.4 is 10.1 Å². The molecule has 0 saturated carbocycles. The number of fused-ring (bicyclic) bond motifs is 1. The van der Waals surface area contributed by atoms with Crippen molar-refractivity contribution in [3.63, 3.8) is 0 Å². The third-order valence-corrected chi connectivity index (χ3v) is 4.23. The van der Waals surface area contributed by atoms with E-state index in [2.05, 4.69) is 15.5 Å². The molecule has 1 N–H and O–H groups in total. The lowest BCUT2D eigenvalue weighted by molar-refractivity contribution is -0.127. The third-order valence-electron chi connectivity index (χ3n) is 3.16. The van der Waals surface area contributed by atoms with Crippen molar-refractivity contribution in [1.29, 1.82) is 0 Å². The maximum atomic E-state index is 12.1. The summed E-state index contributed by atoms with van der Waals surface area (Å²) in [5, 5.41) is 12.7. The molecule has 5 nitrogen and oxygen atoms in total. The highest BCUT2D eigenvalue weighted by Crippen LogP contribution is 2.28. The van der Waals surface area contributed by atoms with Gasteiger partial charge in [-0.25, -0.2) is 0 Å². The van der Waals surface area contributed by atoms with Crippen molar-refractivity contribution in [2.75, 3.05) is 0 Å². The molecule has 1 aromatic carbocycles. The monoisotopic (exact) mass is 289 g/mol. The molecule has 1 amide bonds. The van der Waals surface area contributed by atoms with Gasteiger partial charge in [-0.3, -0.25) is 4.79 Å². The summed E-state index contributed by atoms with van der Waals surface area (Å²) in [4.78, 5) is 12.1. The Morgan fingerprint density at radius 3 is 2.95 bits per heavy atom. The smallest absolute Gasteiger partial charge is 0.261 e. The largest absolute Gasteiger partial charge is 0.480 e. The number of amides is 1. The molecule has 0 spiro atoms. The molecule has 2 aromatic rings. The van der Waals surface area contributed by atoms with Crippen LogP contribution in [0.2, 0.25) is 0 Å². The highest BCUT2D eigenvalue weighted by Gasteiger charge is 2.28. The summed E-state index contributed by atoms with van der Waals surface area (Å²) in [6.07, 6.45) is 1.05. The lowest BCUT2D eigenvalue weighted by atomic mass is 10.1. The number of carbonyl (C=O) groups is 1. The number of hydrogen-bond donors (Lipinski definition) is 1. The average Bonchev–Trinajstić information content (AvgIpc) is 3.10. The van der Waals surface area contributed by atoms with E-state index in [1.165, 1.54) is 11.3 Å². The van der Waals surface area contributed by atoms with E-state index in [0.717, 1.165) is 27.7 Å². The van der Waals surface area contributed by atoms with Crippen LogP contribution in [-0.2, 0) is 24.2 Å². The summed E-state index contributed by atoms with van der Waals surface area (Å²) < 4.78 is 5.64. The summed E-state index contributed by atoms with van der Waals surface area (Å²) in [7, 11) is 0. The number of rotatable bonds is 4. The zero-order chi connectivity index (χ0) is 13.9. The van der Waals surface area contributed by atoms with Crippen molar-refractivity contribution in [3.8, 4) is 5.75 Å². The van der Waals surface area contributed by atoms with Gasteiger partial charge in [-0.15, -0.1) is 10.2 Å². The highest BCUT2D eigenvalue weighted by molar-refractivity contribution is 7.11. The molecule has 1 aliphatic heterocycles. The molecular weight excluding hydrogens is 274 g/mol. The number of nitrogens with one attached hydrogen (secondary N) is 1. The number of aromatic nitrogens is 2. The predicted molar refractivity (Wildman–Crippen MR) is 75.7 cm³/mol. The summed E-state index contributed by atoms with van der Waals surface area (Å²) in [5.41, 5.74) is 1.08. The van der Waals surface area contributed by atoms with Crippen LogP contribution in [0, 0.1) is 0 Å². The van der Waals surface area contributed by atoms with Crippen molar-refractivity contribution >= 4 is 17.2 Å². The molecule has 3 rings (SSSR count). The lowest BCUT2D eigenvalue weighted by Gasteiger charge is -2.10. The maximum Gasteiger partial charge on any atom is 0.261 e. The molecule has 0 unspecified atom stereocenters. The second-order valence-electron chi connectivity index (χ2n) is 4.58. The van der Waals surface area contributed by atoms with E-state index < -0.39 is 6.10 Å². The van der Waals surface area contributed by atoms with Crippen molar-refractivity contribution in [2.24, 2.45) is 0 Å². The summed E-state index contributed by atoms with van der Waals surface area (Å²) >= 11 is 1.53. The first-order chi connectivity index (χ1) is 9.76. The number of para-hydroxylation sites is 1. The van der Waals surface area contributed by atoms with Crippen LogP contribution in [-0.4, -0.2) is 22.2 Å². The third kappa shape index (κ3) is 2.65. The first-order valence-electron chi connectivity index (χ1n) is 6.60. The van der Waals surface area contributed by atoms with Crippen LogP contribution >= 0.6 is 11.3 Å². The molecule has 0 aliphatic carbocycles. The van der Waals surface area contributed by atoms with Gasteiger partial charge in [0, 0.05) is 6.42 Å². The van der Waals surface area contributed by atoms with Crippen molar-refractivity contribution in [1.82, 2.24) is 15.5 Å². The Kier molecular flexibility index (Phi) is 3.64. The van der Waals surface area contributed by atoms with E-state index in [1.807, 2.05) is 31.2 Å². The fourth-order valence-electron chi connectivity index (χ4n) is 2.11. The van der Waals surface area contributed by atoms with E-state index in [0.29, 0.717) is 13.0 Å². The Morgan fingerprint density at radius 2 is 2.20 bits per heavy atom. The molecule has 104 valence electrons. The number of nitrogens with zero attached hydrogens (tertiary/aromatic N) is 2. The van der Waals surface area contributed by atoms with E-state index in [1.54, 1.807) is 0 Å². The van der Waals surface area contributed by atoms with Crippen molar-refractivity contribution < 1.29 is 9.53 Å². The van der Waals surface area contributed by atoms with Crippen molar-refractivity contribution in [2.45, 2.75) is 32.4 Å². The average molecular weight is 289 g/mol. The predicted octanol–water partition coefficient (Wildman–Crippen LogP) is 1.72. The normalized spacial score (nSPS) is 16.6. The minimum absolute atomic E-state index is 0.102. The first kappa shape index (κ1) is 13.1. The van der Waals surface area contributed by atoms with Crippen LogP contribution in [0.3, 0.4) is 0 Å². The number of benzene rings is 1. The summed E-state index contributed by atoms with van der Waals surface area (Å²) in [6.45, 7) is 2.44. The molecule has 20 heavy (non-hydrogen) atoms. The van der Waals surface area contributed by atoms with E-state index in [9.17, 15) is 4.79 Å². The van der Waals surface area contributed by atoms with Gasteiger partial charge in [-0.2, -0.15) is 0 Å². The summed E-state index contributed by atoms with van der Waals surface area (Å²) in [6, 6.07) is 7.74. The lowest BCUT2D eigenvalue weighted by Crippen LogP contribution is -2.36. The van der Waals surface area contributed by atoms with Gasteiger partial charge in [0.1, 0.15) is 15.8 Å².